The molecule has 0 aromatic heterocycles. The molecule has 0 aliphatic rings. The molecular formula is C6H5GdO7. The van der Waals surface area contributed by atoms with E-state index in [1.54, 1.807) is 0 Å². The van der Waals surface area contributed by atoms with Gasteiger partial charge in [0.25, 0.3) is 0 Å². The number of carboxylic acids is 3. The van der Waals surface area contributed by atoms with E-state index in [9.17, 15) is 29.7 Å². The average Bonchev–Trinajstić information content (AvgIpc) is 1.82. The van der Waals surface area contributed by atoms with Crippen LogP contribution in [-0.2, 0) is 14.4 Å². The van der Waals surface area contributed by atoms with Crippen molar-refractivity contribution in [2.75, 3.05) is 0 Å². The zero-order valence-electron chi connectivity index (χ0n) is 6.66. The van der Waals surface area contributed by atoms with Crippen LogP contribution in [0, 0.1) is 39.9 Å². The average molecular weight is 346 g/mol. The monoisotopic (exact) mass is 347 g/mol. The maximum Gasteiger partial charge on any atom is 3.00 e. The number of hydrogen-bond acceptors (Lipinski definition) is 7. The predicted octanol–water partition coefficient (Wildman–Crippen LogP) is -5.25. The first-order valence-corrected chi connectivity index (χ1v) is 3.11. The third-order valence-electron chi connectivity index (χ3n) is 1.25. The number of carbonyl (C=O) groups excluding carboxylic acids is 3. The molecule has 0 aromatic rings. The van der Waals surface area contributed by atoms with Gasteiger partial charge in [0.2, 0.25) is 0 Å². The van der Waals surface area contributed by atoms with E-state index in [4.69, 9.17) is 5.11 Å². The molecular weight excluding hydrogens is 341 g/mol. The summed E-state index contributed by atoms with van der Waals surface area (Å²) in [5.41, 5.74) is -2.97. The maximum absolute atomic E-state index is 10.1. The molecule has 14 heavy (non-hydrogen) atoms. The second-order valence-electron chi connectivity index (χ2n) is 2.42. The number of carboxylic acid groups (broad SMARTS) is 3. The van der Waals surface area contributed by atoms with Crippen LogP contribution in [0.3, 0.4) is 0 Å². The smallest absolute Gasteiger partial charge is 0.550 e. The topological polar surface area (TPSA) is 141 Å². The van der Waals surface area contributed by atoms with Crippen molar-refractivity contribution >= 4 is 17.9 Å². The molecule has 0 aromatic carbocycles. The maximum atomic E-state index is 10.1. The fraction of sp³-hybridized carbons (Fsp3) is 0.500. The Balaban J connectivity index is 0. The minimum atomic E-state index is -2.97. The van der Waals surface area contributed by atoms with Gasteiger partial charge in [0, 0.05) is 24.8 Å². The standard InChI is InChI=1S/C6H8O7.Gd/c7-3(8)1-6(13,5(11)12)2-4(9)10;/h13H,1-2H2,(H,7,8)(H,9,10)(H,11,12);/q;+3/p-3. The van der Waals surface area contributed by atoms with E-state index >= 15 is 0 Å². The van der Waals surface area contributed by atoms with Crippen molar-refractivity contribution in [3.8, 4) is 0 Å². The third-order valence-corrected chi connectivity index (χ3v) is 1.25. The molecule has 0 amide bonds. The molecule has 0 rings (SSSR count). The fourth-order valence-corrected chi connectivity index (χ4v) is 0.684. The van der Waals surface area contributed by atoms with Gasteiger partial charge in [-0.3, -0.25) is 0 Å². The van der Waals surface area contributed by atoms with Crippen molar-refractivity contribution in [3.05, 3.63) is 0 Å². The van der Waals surface area contributed by atoms with Gasteiger partial charge >= 0.3 is 39.9 Å². The Morgan fingerprint density at radius 3 is 1.43 bits per heavy atom. The van der Waals surface area contributed by atoms with E-state index in [0.29, 0.717) is 0 Å². The fourth-order valence-electron chi connectivity index (χ4n) is 0.684. The summed E-state index contributed by atoms with van der Waals surface area (Å²) in [7, 11) is 0. The third kappa shape index (κ3) is 5.43. The Bertz CT molecular complexity index is 233. The van der Waals surface area contributed by atoms with Crippen LogP contribution in [0.4, 0.5) is 0 Å². The quantitative estimate of drug-likeness (QED) is 0.524. The number of aliphatic hydroxyl groups is 1. The summed E-state index contributed by atoms with van der Waals surface area (Å²) in [6.45, 7) is 0. The SMILES string of the molecule is O=C([O-])CC(O)(CC(=O)[O-])C(=O)[O-].[Gd+3]. The van der Waals surface area contributed by atoms with E-state index in [-0.39, 0.29) is 39.9 Å². The Morgan fingerprint density at radius 2 is 1.29 bits per heavy atom. The zero-order valence-corrected chi connectivity index (χ0v) is 8.93. The van der Waals surface area contributed by atoms with E-state index in [1.165, 1.54) is 0 Å². The van der Waals surface area contributed by atoms with E-state index in [1.807, 2.05) is 0 Å². The van der Waals surface area contributed by atoms with Gasteiger partial charge in [0.1, 0.15) is 5.60 Å². The van der Waals surface area contributed by atoms with Crippen molar-refractivity contribution in [1.29, 1.82) is 0 Å². The van der Waals surface area contributed by atoms with Crippen LogP contribution in [0.2, 0.25) is 0 Å². The van der Waals surface area contributed by atoms with Crippen molar-refractivity contribution in [2.45, 2.75) is 18.4 Å². The molecule has 1 N–H and O–H groups in total. The van der Waals surface area contributed by atoms with Gasteiger partial charge in [-0.25, -0.2) is 0 Å². The van der Waals surface area contributed by atoms with Crippen LogP contribution in [-0.4, -0.2) is 28.6 Å². The molecule has 0 bridgehead atoms. The minimum absolute atomic E-state index is 0. The van der Waals surface area contributed by atoms with Gasteiger partial charge in [0.05, 0.1) is 5.97 Å². The summed E-state index contributed by atoms with van der Waals surface area (Å²) < 4.78 is 0. The first-order valence-electron chi connectivity index (χ1n) is 3.11. The summed E-state index contributed by atoms with van der Waals surface area (Å²) >= 11 is 0. The van der Waals surface area contributed by atoms with Crippen molar-refractivity contribution in [2.24, 2.45) is 0 Å². The van der Waals surface area contributed by atoms with Crippen LogP contribution < -0.4 is 15.3 Å². The summed E-state index contributed by atoms with van der Waals surface area (Å²) in [5, 5.41) is 38.9. The van der Waals surface area contributed by atoms with E-state index in [2.05, 4.69) is 0 Å². The van der Waals surface area contributed by atoms with Crippen LogP contribution in [0.1, 0.15) is 12.8 Å². The van der Waals surface area contributed by atoms with Gasteiger partial charge in [-0.05, 0) is 0 Å². The predicted molar refractivity (Wildman–Crippen MR) is 29.2 cm³/mol. The molecule has 1 radical (unpaired) electrons. The Kier molecular flexibility index (Phi) is 7.18. The van der Waals surface area contributed by atoms with Crippen molar-refractivity contribution in [3.63, 3.8) is 0 Å². The normalized spacial score (nSPS) is 10.1. The summed E-state index contributed by atoms with van der Waals surface area (Å²) in [4.78, 5) is 30.0. The molecule has 0 heterocycles. The second kappa shape index (κ2) is 6.23. The Hall–Kier alpha value is -0.305. The molecule has 0 fully saturated rings. The molecule has 8 heteroatoms. The zero-order chi connectivity index (χ0) is 10.6. The van der Waals surface area contributed by atoms with Crippen molar-refractivity contribution in [1.82, 2.24) is 0 Å². The van der Waals surface area contributed by atoms with Crippen LogP contribution in [0.15, 0.2) is 0 Å². The molecule has 0 spiro atoms. The Morgan fingerprint density at radius 1 is 1.00 bits per heavy atom. The van der Waals surface area contributed by atoms with E-state index in [0.717, 1.165) is 0 Å². The first kappa shape index (κ1) is 16.1. The van der Waals surface area contributed by atoms with Gasteiger partial charge in [-0.15, -0.1) is 0 Å². The molecule has 0 saturated heterocycles. The van der Waals surface area contributed by atoms with Crippen LogP contribution >= 0.6 is 0 Å². The van der Waals surface area contributed by atoms with Gasteiger partial charge in [0.15, 0.2) is 0 Å². The minimum Gasteiger partial charge on any atom is -0.550 e. The van der Waals surface area contributed by atoms with Crippen LogP contribution in [0.25, 0.3) is 0 Å². The van der Waals surface area contributed by atoms with Gasteiger partial charge in [-0.1, -0.05) is 0 Å². The molecule has 79 valence electrons. The number of hydrogen-bond donors (Lipinski definition) is 1. The van der Waals surface area contributed by atoms with Crippen LogP contribution in [0.5, 0.6) is 0 Å². The van der Waals surface area contributed by atoms with Gasteiger partial charge in [-0.2, -0.15) is 0 Å². The first-order chi connectivity index (χ1) is 5.78. The molecule has 0 aliphatic carbocycles. The largest absolute Gasteiger partial charge is 3.00 e. The van der Waals surface area contributed by atoms with Gasteiger partial charge < -0.3 is 34.8 Å². The summed E-state index contributed by atoms with van der Waals surface area (Å²) in [5.74, 6) is -5.98. The summed E-state index contributed by atoms with van der Waals surface area (Å²) in [6.07, 6.45) is -2.72. The summed E-state index contributed by atoms with van der Waals surface area (Å²) in [6, 6.07) is 0. The van der Waals surface area contributed by atoms with E-state index < -0.39 is 36.4 Å². The number of rotatable bonds is 5. The molecule has 7 nitrogen and oxygen atoms in total. The molecule has 0 atom stereocenters. The number of aliphatic carboxylic acids is 3. The second-order valence-corrected chi connectivity index (χ2v) is 2.42. The number of carbonyl (C=O) groups is 3. The van der Waals surface area contributed by atoms with Crippen molar-refractivity contribution < 1.29 is 74.8 Å². The Labute approximate surface area is 110 Å². The molecule has 0 aliphatic heterocycles. The molecule has 0 unspecified atom stereocenters. The molecule has 0 saturated carbocycles.